The van der Waals surface area contributed by atoms with Gasteiger partial charge in [-0.25, -0.2) is 0 Å². The van der Waals surface area contributed by atoms with Gasteiger partial charge in [0.2, 0.25) is 0 Å². The predicted octanol–water partition coefficient (Wildman–Crippen LogP) is 4.53. The molecule has 0 aliphatic heterocycles. The van der Waals surface area contributed by atoms with E-state index in [1.807, 2.05) is 0 Å². The second kappa shape index (κ2) is 3.96. The van der Waals surface area contributed by atoms with E-state index in [4.69, 9.17) is 11.6 Å². The molecule has 13 heavy (non-hydrogen) atoms. The van der Waals surface area contributed by atoms with Crippen molar-refractivity contribution in [2.75, 3.05) is 0 Å². The molecule has 2 aromatic rings. The minimum absolute atomic E-state index is 0.531. The number of hydrogen-bond donors (Lipinski definition) is 1. The summed E-state index contributed by atoms with van der Waals surface area (Å²) in [6.07, 6.45) is 0. The number of rotatable bonds is 1. The van der Waals surface area contributed by atoms with E-state index in [0.717, 1.165) is 10.5 Å². The maximum absolute atomic E-state index is 5.89. The number of benzene rings is 1. The number of thiol groups is 1. The van der Waals surface area contributed by atoms with E-state index in [1.165, 1.54) is 13.7 Å². The zero-order valence-electron chi connectivity index (χ0n) is 6.55. The van der Waals surface area contributed by atoms with Crippen LogP contribution in [-0.4, -0.2) is 0 Å². The molecular weight excluding hydrogens is 335 g/mol. The third-order valence-electron chi connectivity index (χ3n) is 1.92. The molecule has 4 heteroatoms. The minimum Gasteiger partial charge on any atom is -0.144 e. The van der Waals surface area contributed by atoms with Gasteiger partial charge in [-0.1, -0.05) is 0 Å². The van der Waals surface area contributed by atoms with Gasteiger partial charge in [-0.15, -0.1) is 35.6 Å². The highest BCUT2D eigenvalue weighted by Crippen LogP contribution is 2.33. The van der Waals surface area contributed by atoms with Crippen molar-refractivity contribution in [2.45, 2.75) is 10.8 Å². The van der Waals surface area contributed by atoms with Crippen molar-refractivity contribution in [3.63, 3.8) is 0 Å². The molecule has 1 aromatic heterocycles. The fourth-order valence-electron chi connectivity index (χ4n) is 1.27. The van der Waals surface area contributed by atoms with Crippen LogP contribution in [0.15, 0.2) is 22.4 Å². The van der Waals surface area contributed by atoms with Crippen molar-refractivity contribution < 1.29 is 0 Å². The van der Waals surface area contributed by atoms with E-state index in [-0.39, 0.29) is 0 Å². The Kier molecular flexibility index (Phi) is 3.07. The first-order valence-corrected chi connectivity index (χ1v) is 6.61. The van der Waals surface area contributed by atoms with Gasteiger partial charge in [0.05, 0.1) is 0 Å². The van der Waals surface area contributed by atoms with Crippen LogP contribution >= 0.6 is 58.2 Å². The summed E-state index contributed by atoms with van der Waals surface area (Å²) in [5.74, 6) is 0.531. The monoisotopic (exact) mass is 340 g/mol. The van der Waals surface area contributed by atoms with E-state index >= 15 is 0 Å². The van der Waals surface area contributed by atoms with Crippen molar-refractivity contribution in [1.82, 2.24) is 0 Å². The van der Waals surface area contributed by atoms with Crippen LogP contribution < -0.4 is 0 Å². The van der Waals surface area contributed by atoms with Crippen LogP contribution in [0.3, 0.4) is 0 Å². The molecular formula is C9H6ClIS2. The van der Waals surface area contributed by atoms with Crippen LogP contribution in [0.25, 0.3) is 10.1 Å². The summed E-state index contributed by atoms with van der Waals surface area (Å²) >= 11 is 14.4. The lowest BCUT2D eigenvalue weighted by atomic mass is 10.1. The summed E-state index contributed by atoms with van der Waals surface area (Å²) in [5.41, 5.74) is 1.15. The molecule has 0 amide bonds. The van der Waals surface area contributed by atoms with Gasteiger partial charge in [0.15, 0.2) is 0 Å². The molecule has 0 saturated carbocycles. The van der Waals surface area contributed by atoms with Crippen molar-refractivity contribution in [3.05, 3.63) is 26.6 Å². The Morgan fingerprint density at radius 1 is 1.54 bits per heavy atom. The Bertz CT molecular complexity index is 450. The van der Waals surface area contributed by atoms with Crippen LogP contribution in [0.2, 0.25) is 0 Å². The van der Waals surface area contributed by atoms with Gasteiger partial charge in [0, 0.05) is 19.0 Å². The van der Waals surface area contributed by atoms with E-state index in [0.29, 0.717) is 5.88 Å². The van der Waals surface area contributed by atoms with E-state index in [9.17, 15) is 0 Å². The zero-order valence-corrected chi connectivity index (χ0v) is 11.2. The first-order valence-electron chi connectivity index (χ1n) is 3.67. The topological polar surface area (TPSA) is 0 Å². The van der Waals surface area contributed by atoms with Crippen molar-refractivity contribution in [2.24, 2.45) is 0 Å². The fourth-order valence-corrected chi connectivity index (χ4v) is 3.61. The lowest BCUT2D eigenvalue weighted by Gasteiger charge is -2.05. The maximum atomic E-state index is 5.89. The van der Waals surface area contributed by atoms with Gasteiger partial charge >= 0.3 is 0 Å². The van der Waals surface area contributed by atoms with Gasteiger partial charge in [-0.05, 0) is 51.1 Å². The summed E-state index contributed by atoms with van der Waals surface area (Å²) in [5, 5.41) is 3.33. The normalized spacial score (nSPS) is 11.0. The smallest absolute Gasteiger partial charge is 0.0491 e. The lowest BCUT2D eigenvalue weighted by Crippen LogP contribution is -1.85. The summed E-state index contributed by atoms with van der Waals surface area (Å²) in [4.78, 5) is 1.02. The van der Waals surface area contributed by atoms with E-state index in [2.05, 4.69) is 52.7 Å². The summed E-state index contributed by atoms with van der Waals surface area (Å²) < 4.78 is 2.46. The quantitative estimate of drug-likeness (QED) is 0.440. The van der Waals surface area contributed by atoms with Crippen molar-refractivity contribution in [1.29, 1.82) is 0 Å². The van der Waals surface area contributed by atoms with Crippen LogP contribution in [0, 0.1) is 3.57 Å². The van der Waals surface area contributed by atoms with Crippen molar-refractivity contribution in [3.8, 4) is 0 Å². The highest BCUT2D eigenvalue weighted by Gasteiger charge is 2.08. The van der Waals surface area contributed by atoms with Gasteiger partial charge in [0.25, 0.3) is 0 Å². The molecule has 0 bridgehead atoms. The molecule has 0 aliphatic rings. The van der Waals surface area contributed by atoms with Gasteiger partial charge < -0.3 is 0 Å². The zero-order chi connectivity index (χ0) is 9.42. The van der Waals surface area contributed by atoms with Crippen LogP contribution in [0.4, 0.5) is 0 Å². The first-order chi connectivity index (χ1) is 6.24. The molecule has 1 heterocycles. The molecule has 0 unspecified atom stereocenters. The molecule has 0 atom stereocenters. The Morgan fingerprint density at radius 2 is 2.31 bits per heavy atom. The molecule has 0 nitrogen and oxygen atoms in total. The third-order valence-corrected chi connectivity index (χ3v) is 4.84. The molecule has 0 N–H and O–H groups in total. The number of hydrogen-bond acceptors (Lipinski definition) is 2. The largest absolute Gasteiger partial charge is 0.144 e. The molecule has 0 fully saturated rings. The number of fused-ring (bicyclic) bond motifs is 1. The second-order valence-electron chi connectivity index (χ2n) is 2.65. The van der Waals surface area contributed by atoms with Gasteiger partial charge in [0.1, 0.15) is 0 Å². The molecule has 1 aromatic carbocycles. The van der Waals surface area contributed by atoms with Crippen LogP contribution in [0.1, 0.15) is 5.56 Å². The number of alkyl halides is 1. The Labute approximate surface area is 105 Å². The molecule has 68 valence electrons. The fraction of sp³-hybridized carbons (Fsp3) is 0.111. The maximum Gasteiger partial charge on any atom is 0.0491 e. The number of halogens is 2. The summed E-state index contributed by atoms with van der Waals surface area (Å²) in [6, 6.07) is 4.26. The molecule has 0 aliphatic carbocycles. The minimum atomic E-state index is 0.531. The van der Waals surface area contributed by atoms with Gasteiger partial charge in [-0.3, -0.25) is 0 Å². The van der Waals surface area contributed by atoms with Crippen LogP contribution in [-0.2, 0) is 5.88 Å². The summed E-state index contributed by atoms with van der Waals surface area (Å²) in [7, 11) is 0. The summed E-state index contributed by atoms with van der Waals surface area (Å²) in [6.45, 7) is 0. The van der Waals surface area contributed by atoms with Crippen LogP contribution in [0.5, 0.6) is 0 Å². The SMILES string of the molecule is Sc1c(I)cc2sccc2c1CCl. The highest BCUT2D eigenvalue weighted by atomic mass is 127. The Hall–Kier alpha value is 0.550. The lowest BCUT2D eigenvalue weighted by molar-refractivity contribution is 1.28. The van der Waals surface area contributed by atoms with Gasteiger partial charge in [-0.2, -0.15) is 0 Å². The first kappa shape index (κ1) is 10.1. The Morgan fingerprint density at radius 3 is 3.00 bits per heavy atom. The number of thiophene rings is 1. The van der Waals surface area contributed by atoms with Crippen molar-refractivity contribution >= 4 is 68.2 Å². The highest BCUT2D eigenvalue weighted by molar-refractivity contribution is 14.1. The molecule has 0 spiro atoms. The van der Waals surface area contributed by atoms with E-state index < -0.39 is 0 Å². The average Bonchev–Trinajstić information content (AvgIpc) is 2.54. The average molecular weight is 341 g/mol. The molecule has 0 radical (unpaired) electrons. The van der Waals surface area contributed by atoms with E-state index in [1.54, 1.807) is 11.3 Å². The standard InChI is InChI=1S/C9H6ClIS2/c10-4-6-5-1-2-13-8(5)3-7(11)9(6)12/h1-3,12H,4H2. The molecule has 0 saturated heterocycles. The molecule has 2 rings (SSSR count). The Balaban J connectivity index is 2.87. The predicted molar refractivity (Wildman–Crippen MR) is 71.4 cm³/mol. The third kappa shape index (κ3) is 1.71. The second-order valence-corrected chi connectivity index (χ2v) is 5.48.